The first-order valence-electron chi connectivity index (χ1n) is 9.93. The molecule has 0 unspecified atom stereocenters. The number of rotatable bonds is 5. The lowest BCUT2D eigenvalue weighted by Gasteiger charge is -2.26. The number of hydrogen-bond donors (Lipinski definition) is 2. The summed E-state index contributed by atoms with van der Waals surface area (Å²) in [4.78, 5) is 31.8. The summed E-state index contributed by atoms with van der Waals surface area (Å²) in [7, 11) is 0. The molecule has 0 aliphatic carbocycles. The third-order valence-corrected chi connectivity index (χ3v) is 5.81. The fraction of sp³-hybridized carbons (Fsp3) is 0.318. The Kier molecular flexibility index (Phi) is 5.85. The van der Waals surface area contributed by atoms with Gasteiger partial charge in [-0.05, 0) is 36.8 Å². The smallest absolute Gasteiger partial charge is 0.321 e. The highest BCUT2D eigenvalue weighted by Crippen LogP contribution is 2.28. The number of hydrogen-bond acceptors (Lipinski definition) is 5. The van der Waals surface area contributed by atoms with Crippen molar-refractivity contribution in [2.75, 3.05) is 18.5 Å². The largest absolute Gasteiger partial charge is 0.484 e. The van der Waals surface area contributed by atoms with Crippen LogP contribution in [0, 0.1) is 0 Å². The fourth-order valence-corrected chi connectivity index (χ4v) is 4.37. The standard InChI is InChI=1S/C22H24N4O3S/c1-14(2)23-21(28)25-22-24-18-9-10-26(12-19(18)30-22)20(27)13-29-17-8-7-15-5-3-4-6-16(15)11-17/h3-8,11,14H,9-10,12-13H2,1-2H3,(H2,23,24,25,28). The Labute approximate surface area is 179 Å². The predicted octanol–water partition coefficient (Wildman–Crippen LogP) is 3.79. The summed E-state index contributed by atoms with van der Waals surface area (Å²) in [6, 6.07) is 13.6. The van der Waals surface area contributed by atoms with Crippen molar-refractivity contribution in [1.29, 1.82) is 0 Å². The molecule has 1 aromatic heterocycles. The van der Waals surface area contributed by atoms with Crippen LogP contribution in [0.1, 0.15) is 24.4 Å². The van der Waals surface area contributed by atoms with Crippen LogP contribution >= 0.6 is 11.3 Å². The summed E-state index contributed by atoms with van der Waals surface area (Å²) in [6.07, 6.45) is 0.668. The minimum Gasteiger partial charge on any atom is -0.484 e. The number of carbonyl (C=O) groups is 2. The van der Waals surface area contributed by atoms with E-state index in [0.717, 1.165) is 21.3 Å². The minimum absolute atomic E-state index is 0.00558. The Balaban J connectivity index is 1.34. The molecule has 0 radical (unpaired) electrons. The Morgan fingerprint density at radius 1 is 1.20 bits per heavy atom. The highest BCUT2D eigenvalue weighted by molar-refractivity contribution is 7.15. The zero-order chi connectivity index (χ0) is 21.1. The summed E-state index contributed by atoms with van der Waals surface area (Å²) in [5.41, 5.74) is 0.944. The van der Waals surface area contributed by atoms with E-state index in [2.05, 4.69) is 15.6 Å². The molecule has 3 aromatic rings. The maximum atomic E-state index is 12.7. The van der Waals surface area contributed by atoms with Crippen LogP contribution in [0.5, 0.6) is 5.75 Å². The minimum atomic E-state index is -0.271. The van der Waals surface area contributed by atoms with Crippen molar-refractivity contribution in [2.45, 2.75) is 32.9 Å². The van der Waals surface area contributed by atoms with E-state index in [9.17, 15) is 9.59 Å². The quantitative estimate of drug-likeness (QED) is 0.653. The molecule has 4 rings (SSSR count). The molecule has 0 saturated heterocycles. The SMILES string of the molecule is CC(C)NC(=O)Nc1nc2c(s1)CN(C(=O)COc1ccc3ccccc3c1)CC2. The van der Waals surface area contributed by atoms with E-state index in [0.29, 0.717) is 30.4 Å². The lowest BCUT2D eigenvalue weighted by atomic mass is 10.1. The molecular formula is C22H24N4O3S. The number of thiazole rings is 1. The van der Waals surface area contributed by atoms with Crippen molar-refractivity contribution in [2.24, 2.45) is 0 Å². The molecule has 0 spiro atoms. The molecule has 1 aliphatic rings. The maximum Gasteiger partial charge on any atom is 0.321 e. The van der Waals surface area contributed by atoms with Gasteiger partial charge in [0, 0.05) is 23.9 Å². The molecule has 0 bridgehead atoms. The van der Waals surface area contributed by atoms with Crippen LogP contribution in [-0.4, -0.2) is 41.0 Å². The number of nitrogens with one attached hydrogen (secondary N) is 2. The van der Waals surface area contributed by atoms with Gasteiger partial charge in [0.1, 0.15) is 5.75 Å². The number of nitrogens with zero attached hydrogens (tertiary/aromatic N) is 2. The van der Waals surface area contributed by atoms with E-state index in [-0.39, 0.29) is 24.6 Å². The number of urea groups is 1. The Morgan fingerprint density at radius 3 is 2.80 bits per heavy atom. The second-order valence-electron chi connectivity index (χ2n) is 7.50. The van der Waals surface area contributed by atoms with Crippen LogP contribution in [0.25, 0.3) is 10.8 Å². The Hall–Kier alpha value is -3.13. The molecule has 8 heteroatoms. The van der Waals surface area contributed by atoms with Crippen LogP contribution in [0.2, 0.25) is 0 Å². The van der Waals surface area contributed by atoms with Gasteiger partial charge in [-0.1, -0.05) is 41.7 Å². The third-order valence-electron chi connectivity index (χ3n) is 4.81. The number of benzene rings is 2. The van der Waals surface area contributed by atoms with Crippen LogP contribution in [-0.2, 0) is 17.8 Å². The summed E-state index contributed by atoms with van der Waals surface area (Å²) in [5.74, 6) is 0.620. The lowest BCUT2D eigenvalue weighted by Crippen LogP contribution is -2.38. The highest BCUT2D eigenvalue weighted by atomic mass is 32.1. The van der Waals surface area contributed by atoms with Gasteiger partial charge in [0.15, 0.2) is 11.7 Å². The number of amides is 3. The first kappa shape index (κ1) is 20.2. The van der Waals surface area contributed by atoms with E-state index >= 15 is 0 Å². The van der Waals surface area contributed by atoms with E-state index in [1.54, 1.807) is 4.90 Å². The van der Waals surface area contributed by atoms with Gasteiger partial charge in [-0.2, -0.15) is 0 Å². The fourth-order valence-electron chi connectivity index (χ4n) is 3.35. The first-order chi connectivity index (χ1) is 14.5. The van der Waals surface area contributed by atoms with Crippen molar-refractivity contribution in [3.8, 4) is 5.75 Å². The molecule has 0 atom stereocenters. The molecule has 0 saturated carbocycles. The zero-order valence-corrected chi connectivity index (χ0v) is 17.8. The van der Waals surface area contributed by atoms with Crippen LogP contribution < -0.4 is 15.4 Å². The molecule has 1 aliphatic heterocycles. The van der Waals surface area contributed by atoms with Gasteiger partial charge < -0.3 is 15.0 Å². The molecular weight excluding hydrogens is 400 g/mol. The average Bonchev–Trinajstić information content (AvgIpc) is 3.12. The van der Waals surface area contributed by atoms with Crippen molar-refractivity contribution in [1.82, 2.24) is 15.2 Å². The number of fused-ring (bicyclic) bond motifs is 2. The van der Waals surface area contributed by atoms with Gasteiger partial charge in [-0.25, -0.2) is 9.78 Å². The third kappa shape index (κ3) is 4.71. The monoisotopic (exact) mass is 424 g/mol. The maximum absolute atomic E-state index is 12.7. The lowest BCUT2D eigenvalue weighted by molar-refractivity contribution is -0.134. The molecule has 2 heterocycles. The van der Waals surface area contributed by atoms with Gasteiger partial charge >= 0.3 is 6.03 Å². The van der Waals surface area contributed by atoms with Gasteiger partial charge in [-0.15, -0.1) is 0 Å². The van der Waals surface area contributed by atoms with Crippen molar-refractivity contribution >= 4 is 39.2 Å². The number of carbonyl (C=O) groups excluding carboxylic acids is 2. The average molecular weight is 425 g/mol. The molecule has 3 amide bonds. The Morgan fingerprint density at radius 2 is 2.00 bits per heavy atom. The highest BCUT2D eigenvalue weighted by Gasteiger charge is 2.25. The summed E-state index contributed by atoms with van der Waals surface area (Å²) < 4.78 is 5.74. The van der Waals surface area contributed by atoms with E-state index in [1.807, 2.05) is 56.3 Å². The molecule has 2 aromatic carbocycles. The number of ether oxygens (including phenoxy) is 1. The summed E-state index contributed by atoms with van der Waals surface area (Å²) >= 11 is 1.41. The predicted molar refractivity (Wildman–Crippen MR) is 118 cm³/mol. The van der Waals surface area contributed by atoms with Gasteiger partial charge in [0.05, 0.1) is 12.2 Å². The van der Waals surface area contributed by atoms with Crippen LogP contribution in [0.3, 0.4) is 0 Å². The van der Waals surface area contributed by atoms with E-state index < -0.39 is 0 Å². The van der Waals surface area contributed by atoms with Gasteiger partial charge in [0.2, 0.25) is 0 Å². The first-order valence-corrected chi connectivity index (χ1v) is 10.7. The Bertz CT molecular complexity index is 1080. The van der Waals surface area contributed by atoms with E-state index in [4.69, 9.17) is 4.74 Å². The second-order valence-corrected chi connectivity index (χ2v) is 8.59. The van der Waals surface area contributed by atoms with E-state index in [1.165, 1.54) is 11.3 Å². The zero-order valence-electron chi connectivity index (χ0n) is 17.0. The van der Waals surface area contributed by atoms with Crippen molar-refractivity contribution in [3.63, 3.8) is 0 Å². The summed E-state index contributed by atoms with van der Waals surface area (Å²) in [5, 5.41) is 8.31. The van der Waals surface area contributed by atoms with Gasteiger partial charge in [-0.3, -0.25) is 10.1 Å². The normalized spacial score (nSPS) is 13.2. The second kappa shape index (κ2) is 8.71. The van der Waals surface area contributed by atoms with Crippen molar-refractivity contribution < 1.29 is 14.3 Å². The summed E-state index contributed by atoms with van der Waals surface area (Å²) in [6.45, 7) is 4.87. The molecule has 156 valence electrons. The molecule has 2 N–H and O–H groups in total. The van der Waals surface area contributed by atoms with Crippen molar-refractivity contribution in [3.05, 3.63) is 53.0 Å². The number of aromatic nitrogens is 1. The molecule has 0 fully saturated rings. The molecule has 7 nitrogen and oxygen atoms in total. The van der Waals surface area contributed by atoms with Crippen LogP contribution in [0.15, 0.2) is 42.5 Å². The number of anilines is 1. The molecule has 30 heavy (non-hydrogen) atoms. The topological polar surface area (TPSA) is 83.6 Å². The van der Waals surface area contributed by atoms with Crippen LogP contribution in [0.4, 0.5) is 9.93 Å². The van der Waals surface area contributed by atoms with Gasteiger partial charge in [0.25, 0.3) is 5.91 Å².